The fourth-order valence-corrected chi connectivity index (χ4v) is 2.30. The van der Waals surface area contributed by atoms with Gasteiger partial charge in [0.05, 0.1) is 4.92 Å². The summed E-state index contributed by atoms with van der Waals surface area (Å²) in [6, 6.07) is 14.0. The molecule has 1 heterocycles. The zero-order valence-corrected chi connectivity index (χ0v) is 11.1. The molecular formula is C15H9NO3S. The van der Waals surface area contributed by atoms with Crippen LogP contribution in [0.4, 0.5) is 5.69 Å². The van der Waals surface area contributed by atoms with Gasteiger partial charge in [-0.25, -0.2) is 0 Å². The Morgan fingerprint density at radius 2 is 1.70 bits per heavy atom. The van der Waals surface area contributed by atoms with Crippen molar-refractivity contribution in [1.82, 2.24) is 0 Å². The van der Waals surface area contributed by atoms with Crippen LogP contribution in [-0.2, 0) is 4.74 Å². The molecule has 0 N–H and O–H groups in total. The van der Waals surface area contributed by atoms with Crippen LogP contribution in [0.2, 0.25) is 0 Å². The maximum Gasteiger partial charge on any atom is 0.269 e. The van der Waals surface area contributed by atoms with E-state index in [2.05, 4.69) is 0 Å². The molecule has 0 saturated heterocycles. The molecule has 0 bridgehead atoms. The minimum absolute atomic E-state index is 0.0652. The average molecular weight is 283 g/mol. The van der Waals surface area contributed by atoms with Gasteiger partial charge in [0.1, 0.15) is 5.76 Å². The summed E-state index contributed by atoms with van der Waals surface area (Å²) in [4.78, 5) is 10.2. The summed E-state index contributed by atoms with van der Waals surface area (Å²) >= 11 is 5.17. The van der Waals surface area contributed by atoms with Crippen LogP contribution in [0.15, 0.2) is 48.5 Å². The first-order chi connectivity index (χ1) is 9.65. The molecular weight excluding hydrogens is 274 g/mol. The number of non-ortho nitro benzene ring substituents is 1. The van der Waals surface area contributed by atoms with Gasteiger partial charge in [0.15, 0.2) is 5.05 Å². The van der Waals surface area contributed by atoms with Gasteiger partial charge in [0.25, 0.3) is 5.69 Å². The number of rotatable bonds is 2. The van der Waals surface area contributed by atoms with Crippen LogP contribution in [0, 0.1) is 10.1 Å². The topological polar surface area (TPSA) is 52.4 Å². The first-order valence-electron chi connectivity index (χ1n) is 5.93. The highest BCUT2D eigenvalue weighted by Crippen LogP contribution is 2.31. The smallest absolute Gasteiger partial charge is 0.269 e. The summed E-state index contributed by atoms with van der Waals surface area (Å²) in [5.74, 6) is 0.666. The Morgan fingerprint density at radius 3 is 2.35 bits per heavy atom. The Bertz CT molecular complexity index is 735. The van der Waals surface area contributed by atoms with Crippen molar-refractivity contribution in [3.63, 3.8) is 0 Å². The lowest BCUT2D eigenvalue weighted by atomic mass is 10.1. The molecule has 1 aliphatic heterocycles. The quantitative estimate of drug-likeness (QED) is 0.478. The second-order valence-corrected chi connectivity index (χ2v) is 4.66. The molecule has 0 spiro atoms. The SMILES string of the molecule is O=[N+]([O-])c1ccc(C=C2OC(=S)c3ccccc32)cc1. The largest absolute Gasteiger partial charge is 0.445 e. The van der Waals surface area contributed by atoms with E-state index in [1.165, 1.54) is 12.1 Å². The summed E-state index contributed by atoms with van der Waals surface area (Å²) < 4.78 is 5.57. The van der Waals surface area contributed by atoms with Crippen molar-refractivity contribution in [1.29, 1.82) is 0 Å². The summed E-state index contributed by atoms with van der Waals surface area (Å²) in [7, 11) is 0. The maximum atomic E-state index is 10.6. The molecule has 98 valence electrons. The lowest BCUT2D eigenvalue weighted by Gasteiger charge is -1.99. The molecule has 0 unspecified atom stereocenters. The monoisotopic (exact) mass is 283 g/mol. The van der Waals surface area contributed by atoms with Gasteiger partial charge in [-0.1, -0.05) is 18.2 Å². The number of ether oxygens (including phenoxy) is 1. The second-order valence-electron chi connectivity index (χ2n) is 4.29. The molecule has 0 atom stereocenters. The minimum atomic E-state index is -0.423. The van der Waals surface area contributed by atoms with Crippen LogP contribution in [0.25, 0.3) is 11.8 Å². The van der Waals surface area contributed by atoms with E-state index in [0.717, 1.165) is 16.7 Å². The maximum absolute atomic E-state index is 10.6. The van der Waals surface area contributed by atoms with Crippen LogP contribution < -0.4 is 0 Å². The van der Waals surface area contributed by atoms with Crippen molar-refractivity contribution in [3.05, 3.63) is 75.3 Å². The highest BCUT2D eigenvalue weighted by molar-refractivity contribution is 7.80. The highest BCUT2D eigenvalue weighted by atomic mass is 32.1. The number of fused-ring (bicyclic) bond motifs is 1. The number of nitrogens with zero attached hydrogens (tertiary/aromatic N) is 1. The van der Waals surface area contributed by atoms with Crippen molar-refractivity contribution in [2.75, 3.05) is 0 Å². The minimum Gasteiger partial charge on any atom is -0.445 e. The van der Waals surface area contributed by atoms with Crippen molar-refractivity contribution in [2.45, 2.75) is 0 Å². The van der Waals surface area contributed by atoms with E-state index in [1.54, 1.807) is 12.1 Å². The Morgan fingerprint density at radius 1 is 1.05 bits per heavy atom. The molecule has 2 aromatic rings. The Hall–Kier alpha value is -2.53. The average Bonchev–Trinajstić information content (AvgIpc) is 2.77. The van der Waals surface area contributed by atoms with Gasteiger partial charge < -0.3 is 4.74 Å². The zero-order chi connectivity index (χ0) is 14.1. The third-order valence-corrected chi connectivity index (χ3v) is 3.32. The Kier molecular flexibility index (Phi) is 3.04. The molecule has 0 saturated carbocycles. The molecule has 2 aromatic carbocycles. The van der Waals surface area contributed by atoms with E-state index in [9.17, 15) is 10.1 Å². The number of hydrogen-bond donors (Lipinski definition) is 0. The molecule has 0 aliphatic carbocycles. The zero-order valence-electron chi connectivity index (χ0n) is 10.3. The van der Waals surface area contributed by atoms with Crippen molar-refractivity contribution in [3.8, 4) is 0 Å². The van der Waals surface area contributed by atoms with Gasteiger partial charge in [-0.15, -0.1) is 0 Å². The van der Waals surface area contributed by atoms with E-state index in [-0.39, 0.29) is 5.69 Å². The van der Waals surface area contributed by atoms with Gasteiger partial charge in [-0.3, -0.25) is 10.1 Å². The van der Waals surface area contributed by atoms with Gasteiger partial charge in [0.2, 0.25) is 0 Å². The van der Waals surface area contributed by atoms with E-state index in [0.29, 0.717) is 10.8 Å². The molecule has 1 aliphatic rings. The van der Waals surface area contributed by atoms with Gasteiger partial charge in [0, 0.05) is 23.3 Å². The standard InChI is InChI=1S/C15H9NO3S/c17-16(18)11-7-5-10(6-8-11)9-14-12-3-1-2-4-13(12)15(20)19-14/h1-9H. The van der Waals surface area contributed by atoms with Crippen LogP contribution in [0.3, 0.4) is 0 Å². The van der Waals surface area contributed by atoms with E-state index < -0.39 is 4.92 Å². The summed E-state index contributed by atoms with van der Waals surface area (Å²) in [6.07, 6.45) is 1.82. The van der Waals surface area contributed by atoms with E-state index >= 15 is 0 Å². The number of nitro groups is 1. The van der Waals surface area contributed by atoms with Crippen LogP contribution in [0.1, 0.15) is 16.7 Å². The molecule has 3 rings (SSSR count). The number of benzene rings is 2. The van der Waals surface area contributed by atoms with Crippen LogP contribution >= 0.6 is 12.2 Å². The second kappa shape index (κ2) is 4.86. The van der Waals surface area contributed by atoms with Crippen molar-refractivity contribution in [2.24, 2.45) is 0 Å². The fourth-order valence-electron chi connectivity index (χ4n) is 2.04. The van der Waals surface area contributed by atoms with Crippen molar-refractivity contribution >= 4 is 34.8 Å². The van der Waals surface area contributed by atoms with Gasteiger partial charge >= 0.3 is 0 Å². The Labute approximate surface area is 120 Å². The van der Waals surface area contributed by atoms with Gasteiger partial charge in [-0.05, 0) is 42.1 Å². The summed E-state index contributed by atoms with van der Waals surface area (Å²) in [5, 5.41) is 11.1. The van der Waals surface area contributed by atoms with Crippen molar-refractivity contribution < 1.29 is 9.66 Å². The first-order valence-corrected chi connectivity index (χ1v) is 6.34. The molecule has 5 heteroatoms. The van der Waals surface area contributed by atoms with E-state index in [1.807, 2.05) is 30.3 Å². The number of nitro benzene ring substituents is 1. The molecule has 4 nitrogen and oxygen atoms in total. The third-order valence-electron chi connectivity index (χ3n) is 3.02. The van der Waals surface area contributed by atoms with Crippen LogP contribution in [-0.4, -0.2) is 9.97 Å². The predicted octanol–water partition coefficient (Wildman–Crippen LogP) is 3.80. The molecule has 20 heavy (non-hydrogen) atoms. The lowest BCUT2D eigenvalue weighted by Crippen LogP contribution is -1.90. The molecule has 0 amide bonds. The van der Waals surface area contributed by atoms with Crippen LogP contribution in [0.5, 0.6) is 0 Å². The normalized spacial score (nSPS) is 15.0. The highest BCUT2D eigenvalue weighted by Gasteiger charge is 2.22. The Balaban J connectivity index is 1.98. The lowest BCUT2D eigenvalue weighted by molar-refractivity contribution is -0.384. The fraction of sp³-hybridized carbons (Fsp3) is 0. The first kappa shape index (κ1) is 12.5. The molecule has 0 fully saturated rings. The molecule has 0 aromatic heterocycles. The molecule has 0 radical (unpaired) electrons. The third kappa shape index (κ3) is 2.19. The van der Waals surface area contributed by atoms with E-state index in [4.69, 9.17) is 17.0 Å². The number of hydrogen-bond acceptors (Lipinski definition) is 4. The summed E-state index contributed by atoms with van der Waals surface area (Å²) in [5.41, 5.74) is 2.73. The predicted molar refractivity (Wildman–Crippen MR) is 80.2 cm³/mol. The van der Waals surface area contributed by atoms with Gasteiger partial charge in [-0.2, -0.15) is 0 Å². The summed E-state index contributed by atoms with van der Waals surface area (Å²) in [6.45, 7) is 0. The number of thiocarbonyl (C=S) groups is 1.